The quantitative estimate of drug-likeness (QED) is 0.655. The van der Waals surface area contributed by atoms with Gasteiger partial charge in [-0.05, 0) is 67.7 Å². The van der Waals surface area contributed by atoms with Crippen LogP contribution in [0.4, 0.5) is 20.2 Å². The fourth-order valence-corrected chi connectivity index (χ4v) is 3.43. The number of benzene rings is 2. The molecule has 0 atom stereocenters. The normalized spacial score (nSPS) is 15.8. The van der Waals surface area contributed by atoms with Gasteiger partial charge in [0.05, 0.1) is 0 Å². The second-order valence-electron chi connectivity index (χ2n) is 6.28. The molecule has 0 aliphatic carbocycles. The van der Waals surface area contributed by atoms with Gasteiger partial charge in [0, 0.05) is 34.5 Å². The topological polar surface area (TPSA) is 39.9 Å². The van der Waals surface area contributed by atoms with E-state index in [1.807, 2.05) is 12.1 Å². The minimum atomic E-state index is -0.849. The first-order chi connectivity index (χ1) is 11.7. The summed E-state index contributed by atoms with van der Waals surface area (Å²) in [4.78, 5) is 3.34. The minimum absolute atomic E-state index is 0.534. The number of aromatic nitrogens is 1. The van der Waals surface area contributed by atoms with Gasteiger partial charge in [0.1, 0.15) is 0 Å². The van der Waals surface area contributed by atoms with E-state index in [2.05, 4.69) is 27.9 Å². The largest absolute Gasteiger partial charge is 0.361 e. The van der Waals surface area contributed by atoms with Crippen molar-refractivity contribution in [1.82, 2.24) is 10.3 Å². The number of anilines is 2. The molecule has 5 heteroatoms. The highest BCUT2D eigenvalue weighted by Gasteiger charge is 2.18. The van der Waals surface area contributed by atoms with E-state index in [9.17, 15) is 8.78 Å². The van der Waals surface area contributed by atoms with Gasteiger partial charge in [-0.15, -0.1) is 0 Å². The molecule has 4 rings (SSSR count). The lowest BCUT2D eigenvalue weighted by Crippen LogP contribution is -2.26. The third-order valence-electron chi connectivity index (χ3n) is 4.70. The second kappa shape index (κ2) is 6.24. The zero-order valence-corrected chi connectivity index (χ0v) is 13.2. The first-order valence-corrected chi connectivity index (χ1v) is 8.24. The highest BCUT2D eigenvalue weighted by atomic mass is 19.2. The average molecular weight is 327 g/mol. The number of halogens is 2. The van der Waals surface area contributed by atoms with Gasteiger partial charge in [0.2, 0.25) is 0 Å². The Balaban J connectivity index is 1.65. The molecule has 3 aromatic rings. The molecule has 1 aliphatic heterocycles. The van der Waals surface area contributed by atoms with Crippen LogP contribution in [0.1, 0.15) is 24.3 Å². The number of fused-ring (bicyclic) bond motifs is 1. The van der Waals surface area contributed by atoms with Gasteiger partial charge >= 0.3 is 0 Å². The van der Waals surface area contributed by atoms with Gasteiger partial charge in [-0.1, -0.05) is 0 Å². The van der Waals surface area contributed by atoms with Crippen LogP contribution in [0.2, 0.25) is 0 Å². The van der Waals surface area contributed by atoms with Gasteiger partial charge in [-0.3, -0.25) is 0 Å². The van der Waals surface area contributed by atoms with Crippen LogP contribution in [0.5, 0.6) is 0 Å². The van der Waals surface area contributed by atoms with Crippen molar-refractivity contribution >= 4 is 22.3 Å². The smallest absolute Gasteiger partial charge is 0.160 e. The highest BCUT2D eigenvalue weighted by molar-refractivity contribution is 5.87. The first kappa shape index (κ1) is 15.1. The zero-order chi connectivity index (χ0) is 16.5. The number of piperidine rings is 1. The van der Waals surface area contributed by atoms with E-state index in [0.29, 0.717) is 11.6 Å². The van der Waals surface area contributed by atoms with Gasteiger partial charge in [0.15, 0.2) is 11.6 Å². The van der Waals surface area contributed by atoms with E-state index >= 15 is 0 Å². The maximum absolute atomic E-state index is 13.4. The molecule has 1 aliphatic rings. The Hall–Kier alpha value is -2.40. The zero-order valence-electron chi connectivity index (χ0n) is 13.2. The Kier molecular flexibility index (Phi) is 3.94. The molecule has 0 amide bonds. The summed E-state index contributed by atoms with van der Waals surface area (Å²) < 4.78 is 26.4. The van der Waals surface area contributed by atoms with Crippen LogP contribution in [0.25, 0.3) is 10.9 Å². The summed E-state index contributed by atoms with van der Waals surface area (Å²) in [5.74, 6) is -1.13. The summed E-state index contributed by atoms with van der Waals surface area (Å²) >= 11 is 0. The lowest BCUT2D eigenvalue weighted by molar-refractivity contribution is 0.462. The van der Waals surface area contributed by atoms with E-state index in [4.69, 9.17) is 0 Å². The molecule has 0 radical (unpaired) electrons. The van der Waals surface area contributed by atoms with Gasteiger partial charge in [0.25, 0.3) is 0 Å². The second-order valence-corrected chi connectivity index (χ2v) is 6.28. The van der Waals surface area contributed by atoms with Crippen LogP contribution < -0.4 is 10.6 Å². The van der Waals surface area contributed by atoms with E-state index in [-0.39, 0.29) is 0 Å². The summed E-state index contributed by atoms with van der Waals surface area (Å²) in [5.41, 5.74) is 3.83. The van der Waals surface area contributed by atoms with Crippen molar-refractivity contribution in [2.24, 2.45) is 0 Å². The highest BCUT2D eigenvalue weighted by Crippen LogP contribution is 2.33. The van der Waals surface area contributed by atoms with Crippen molar-refractivity contribution in [2.75, 3.05) is 18.4 Å². The molecule has 1 saturated heterocycles. The van der Waals surface area contributed by atoms with Gasteiger partial charge in [-0.25, -0.2) is 8.78 Å². The molecule has 0 saturated carbocycles. The fraction of sp³-hybridized carbons (Fsp3) is 0.263. The lowest BCUT2D eigenvalue weighted by Gasteiger charge is -2.22. The maximum Gasteiger partial charge on any atom is 0.160 e. The molecule has 3 N–H and O–H groups in total. The van der Waals surface area contributed by atoms with E-state index < -0.39 is 11.6 Å². The molecule has 1 fully saturated rings. The van der Waals surface area contributed by atoms with Crippen LogP contribution >= 0.6 is 0 Å². The van der Waals surface area contributed by atoms with Crippen molar-refractivity contribution in [3.63, 3.8) is 0 Å². The third-order valence-corrected chi connectivity index (χ3v) is 4.70. The predicted molar refractivity (Wildman–Crippen MR) is 92.8 cm³/mol. The molecular weight excluding hydrogens is 308 g/mol. The van der Waals surface area contributed by atoms with Crippen molar-refractivity contribution in [3.05, 3.63) is 59.8 Å². The van der Waals surface area contributed by atoms with E-state index in [1.165, 1.54) is 23.1 Å². The Bertz CT molecular complexity index is 866. The number of H-pyrrole nitrogens is 1. The molecule has 0 bridgehead atoms. The van der Waals surface area contributed by atoms with Crippen molar-refractivity contribution in [3.8, 4) is 0 Å². The van der Waals surface area contributed by atoms with Crippen LogP contribution in [0.15, 0.2) is 42.6 Å². The molecule has 3 nitrogen and oxygen atoms in total. The number of nitrogens with one attached hydrogen (secondary N) is 3. The minimum Gasteiger partial charge on any atom is -0.361 e. The van der Waals surface area contributed by atoms with Crippen LogP contribution in [-0.2, 0) is 0 Å². The summed E-state index contributed by atoms with van der Waals surface area (Å²) in [6, 6.07) is 9.86. The summed E-state index contributed by atoms with van der Waals surface area (Å²) in [6.45, 7) is 2.09. The van der Waals surface area contributed by atoms with Crippen LogP contribution in [0.3, 0.4) is 0 Å². The van der Waals surface area contributed by atoms with Gasteiger partial charge in [-0.2, -0.15) is 0 Å². The van der Waals surface area contributed by atoms with E-state index in [0.717, 1.165) is 43.2 Å². The Morgan fingerprint density at radius 1 is 0.917 bits per heavy atom. The van der Waals surface area contributed by atoms with Gasteiger partial charge < -0.3 is 15.6 Å². The maximum atomic E-state index is 13.4. The molecule has 24 heavy (non-hydrogen) atoms. The monoisotopic (exact) mass is 327 g/mol. The number of hydrogen-bond acceptors (Lipinski definition) is 2. The molecule has 124 valence electrons. The summed E-state index contributed by atoms with van der Waals surface area (Å²) in [5, 5.41) is 7.73. The van der Waals surface area contributed by atoms with Crippen molar-refractivity contribution in [1.29, 1.82) is 0 Å². The number of hydrogen-bond donors (Lipinski definition) is 3. The molecule has 1 aromatic heterocycles. The standard InChI is InChI=1S/C19H19F2N3/c20-17-3-1-14(10-18(17)21)24-13-2-4-19-15(9-13)16(11-23-19)12-5-7-22-8-6-12/h1-4,9-12,22-24H,5-8H2. The number of aromatic amines is 1. The lowest BCUT2D eigenvalue weighted by atomic mass is 9.90. The van der Waals surface area contributed by atoms with Crippen LogP contribution in [-0.4, -0.2) is 18.1 Å². The predicted octanol–water partition coefficient (Wildman–Crippen LogP) is 4.66. The number of rotatable bonds is 3. The summed E-state index contributed by atoms with van der Waals surface area (Å²) in [6.07, 6.45) is 4.36. The molecule has 2 aromatic carbocycles. The Labute approximate surface area is 139 Å². The SMILES string of the molecule is Fc1ccc(Nc2ccc3[nH]cc(C4CCNCC4)c3c2)cc1F. The Morgan fingerprint density at radius 3 is 2.46 bits per heavy atom. The first-order valence-electron chi connectivity index (χ1n) is 8.24. The summed E-state index contributed by atoms with van der Waals surface area (Å²) in [7, 11) is 0. The molecule has 0 unspecified atom stereocenters. The van der Waals surface area contributed by atoms with Crippen molar-refractivity contribution in [2.45, 2.75) is 18.8 Å². The average Bonchev–Trinajstić information content (AvgIpc) is 3.02. The van der Waals surface area contributed by atoms with Crippen LogP contribution in [0, 0.1) is 11.6 Å². The molecule has 2 heterocycles. The van der Waals surface area contributed by atoms with E-state index in [1.54, 1.807) is 0 Å². The third kappa shape index (κ3) is 2.87. The van der Waals surface area contributed by atoms with Crippen molar-refractivity contribution < 1.29 is 8.78 Å². The fourth-order valence-electron chi connectivity index (χ4n) is 3.43. The molecular formula is C19H19F2N3. The molecule has 0 spiro atoms. The Morgan fingerprint density at radius 2 is 1.67 bits per heavy atom.